The summed E-state index contributed by atoms with van der Waals surface area (Å²) in [4.78, 5) is 26.1. The molecule has 0 radical (unpaired) electrons. The van der Waals surface area contributed by atoms with E-state index in [-0.39, 0.29) is 23.9 Å². The van der Waals surface area contributed by atoms with Gasteiger partial charge in [-0.25, -0.2) is 0 Å². The van der Waals surface area contributed by atoms with Crippen LogP contribution in [0.25, 0.3) is 0 Å². The lowest BCUT2D eigenvalue weighted by Gasteiger charge is -2.25. The van der Waals surface area contributed by atoms with E-state index in [1.807, 2.05) is 25.2 Å². The number of likely N-dealkylation sites (tertiary alicyclic amines) is 1. The third-order valence-corrected chi connectivity index (χ3v) is 5.13. The molecular formula is C18H25N3O3. The number of rotatable bonds is 5. The molecule has 130 valence electrons. The zero-order chi connectivity index (χ0) is 17.1. The minimum absolute atomic E-state index is 0.0483. The van der Waals surface area contributed by atoms with Gasteiger partial charge in [-0.2, -0.15) is 0 Å². The van der Waals surface area contributed by atoms with Crippen LogP contribution in [-0.4, -0.2) is 56.0 Å². The standard InChI is InChI=1S/C18H25N3O3/c1-19-17(22)10-14-4-5-15(21(14)2)11-20-18(23)13-3-6-16-12(9-13)7-8-24-16/h3,6,9,14-15H,4-5,7-8,10-11H2,1-2H3,(H,19,22)(H,20,23)/t14-,15+/m1/s1. The second-order valence-electron chi connectivity index (χ2n) is 6.56. The van der Waals surface area contributed by atoms with E-state index < -0.39 is 0 Å². The molecule has 1 saturated heterocycles. The molecule has 0 saturated carbocycles. The highest BCUT2D eigenvalue weighted by molar-refractivity contribution is 5.94. The molecule has 2 N–H and O–H groups in total. The highest BCUT2D eigenvalue weighted by Crippen LogP contribution is 2.26. The highest BCUT2D eigenvalue weighted by Gasteiger charge is 2.31. The Morgan fingerprint density at radius 1 is 1.29 bits per heavy atom. The van der Waals surface area contributed by atoms with Crippen molar-refractivity contribution in [2.75, 3.05) is 27.2 Å². The predicted molar refractivity (Wildman–Crippen MR) is 91.2 cm³/mol. The second kappa shape index (κ2) is 7.21. The number of amides is 2. The Labute approximate surface area is 142 Å². The summed E-state index contributed by atoms with van der Waals surface area (Å²) >= 11 is 0. The van der Waals surface area contributed by atoms with Crippen LogP contribution in [-0.2, 0) is 11.2 Å². The molecule has 0 spiro atoms. The molecule has 1 fully saturated rings. The summed E-state index contributed by atoms with van der Waals surface area (Å²) in [6.07, 6.45) is 3.36. The molecule has 0 unspecified atom stereocenters. The Bertz CT molecular complexity index is 632. The monoisotopic (exact) mass is 331 g/mol. The molecule has 1 aromatic rings. The van der Waals surface area contributed by atoms with Crippen molar-refractivity contribution in [1.29, 1.82) is 0 Å². The van der Waals surface area contributed by atoms with Crippen LogP contribution in [0.15, 0.2) is 18.2 Å². The summed E-state index contributed by atoms with van der Waals surface area (Å²) in [5, 5.41) is 5.70. The van der Waals surface area contributed by atoms with Crippen LogP contribution in [0.2, 0.25) is 0 Å². The highest BCUT2D eigenvalue weighted by atomic mass is 16.5. The molecule has 24 heavy (non-hydrogen) atoms. The molecule has 2 atom stereocenters. The molecular weight excluding hydrogens is 306 g/mol. The van der Waals surface area contributed by atoms with Gasteiger partial charge in [-0.05, 0) is 43.7 Å². The summed E-state index contributed by atoms with van der Waals surface area (Å²) in [6, 6.07) is 6.14. The largest absolute Gasteiger partial charge is 0.493 e. The van der Waals surface area contributed by atoms with E-state index in [9.17, 15) is 9.59 Å². The summed E-state index contributed by atoms with van der Waals surface area (Å²) in [5.74, 6) is 0.906. The van der Waals surface area contributed by atoms with Crippen LogP contribution in [0.3, 0.4) is 0 Å². The number of likely N-dealkylation sites (N-methyl/N-ethyl adjacent to an activating group) is 1. The summed E-state index contributed by atoms with van der Waals surface area (Å²) in [7, 11) is 3.70. The Hall–Kier alpha value is -2.08. The third-order valence-electron chi connectivity index (χ3n) is 5.13. The van der Waals surface area contributed by atoms with Crippen molar-refractivity contribution in [3.8, 4) is 5.75 Å². The van der Waals surface area contributed by atoms with Crippen LogP contribution in [0.1, 0.15) is 35.2 Å². The lowest BCUT2D eigenvalue weighted by atomic mass is 10.1. The molecule has 0 aliphatic carbocycles. The first-order valence-electron chi connectivity index (χ1n) is 8.55. The fourth-order valence-corrected chi connectivity index (χ4v) is 3.54. The maximum Gasteiger partial charge on any atom is 0.251 e. The number of nitrogens with one attached hydrogen (secondary N) is 2. The van der Waals surface area contributed by atoms with Gasteiger partial charge in [-0.3, -0.25) is 14.5 Å². The number of carbonyl (C=O) groups excluding carboxylic acids is 2. The van der Waals surface area contributed by atoms with Crippen molar-refractivity contribution in [1.82, 2.24) is 15.5 Å². The summed E-state index contributed by atoms with van der Waals surface area (Å²) in [5.41, 5.74) is 1.79. The van der Waals surface area contributed by atoms with Gasteiger partial charge in [-0.1, -0.05) is 0 Å². The number of ether oxygens (including phenoxy) is 1. The number of hydrogen-bond acceptors (Lipinski definition) is 4. The van der Waals surface area contributed by atoms with Crippen LogP contribution in [0.5, 0.6) is 5.75 Å². The number of carbonyl (C=O) groups is 2. The quantitative estimate of drug-likeness (QED) is 0.843. The van der Waals surface area contributed by atoms with Crippen LogP contribution in [0, 0.1) is 0 Å². The molecule has 3 rings (SSSR count). The van der Waals surface area contributed by atoms with E-state index in [0.717, 1.165) is 30.6 Å². The minimum atomic E-state index is -0.0483. The van der Waals surface area contributed by atoms with Gasteiger partial charge in [0.25, 0.3) is 5.91 Å². The fourth-order valence-electron chi connectivity index (χ4n) is 3.54. The summed E-state index contributed by atoms with van der Waals surface area (Å²) in [6.45, 7) is 1.30. The average Bonchev–Trinajstić information content (AvgIpc) is 3.19. The van der Waals surface area contributed by atoms with Gasteiger partial charge in [0.1, 0.15) is 5.75 Å². The molecule has 2 heterocycles. The number of benzene rings is 1. The number of hydrogen-bond donors (Lipinski definition) is 2. The maximum absolute atomic E-state index is 12.4. The lowest BCUT2D eigenvalue weighted by molar-refractivity contribution is -0.121. The first-order chi connectivity index (χ1) is 11.6. The van der Waals surface area contributed by atoms with Crippen molar-refractivity contribution in [3.05, 3.63) is 29.3 Å². The molecule has 2 aliphatic rings. The zero-order valence-corrected chi connectivity index (χ0v) is 14.3. The van der Waals surface area contributed by atoms with Crippen molar-refractivity contribution in [2.24, 2.45) is 0 Å². The van der Waals surface area contributed by atoms with Gasteiger partial charge >= 0.3 is 0 Å². The molecule has 0 aromatic heterocycles. The van der Waals surface area contributed by atoms with Gasteiger partial charge in [-0.15, -0.1) is 0 Å². The predicted octanol–water partition coefficient (Wildman–Crippen LogP) is 0.950. The average molecular weight is 331 g/mol. The molecule has 2 aliphatic heterocycles. The normalized spacial score (nSPS) is 22.8. The number of fused-ring (bicyclic) bond motifs is 1. The fraction of sp³-hybridized carbons (Fsp3) is 0.556. The van der Waals surface area contributed by atoms with Gasteiger partial charge in [0, 0.05) is 44.1 Å². The van der Waals surface area contributed by atoms with Gasteiger partial charge in [0.05, 0.1) is 6.61 Å². The molecule has 1 aromatic carbocycles. The Kier molecular flexibility index (Phi) is 5.04. The lowest BCUT2D eigenvalue weighted by Crippen LogP contribution is -2.42. The zero-order valence-electron chi connectivity index (χ0n) is 14.3. The van der Waals surface area contributed by atoms with Crippen LogP contribution < -0.4 is 15.4 Å². The molecule has 2 amide bonds. The molecule has 6 heteroatoms. The van der Waals surface area contributed by atoms with E-state index in [0.29, 0.717) is 25.1 Å². The van der Waals surface area contributed by atoms with E-state index in [4.69, 9.17) is 4.74 Å². The van der Waals surface area contributed by atoms with Gasteiger partial charge in [0.15, 0.2) is 0 Å². The van der Waals surface area contributed by atoms with Crippen molar-refractivity contribution >= 4 is 11.8 Å². The maximum atomic E-state index is 12.4. The van der Waals surface area contributed by atoms with Crippen LogP contribution in [0.4, 0.5) is 0 Å². The topological polar surface area (TPSA) is 70.7 Å². The van der Waals surface area contributed by atoms with Gasteiger partial charge < -0.3 is 15.4 Å². The van der Waals surface area contributed by atoms with Crippen molar-refractivity contribution in [2.45, 2.75) is 37.8 Å². The molecule has 0 bridgehead atoms. The third kappa shape index (κ3) is 3.53. The van der Waals surface area contributed by atoms with E-state index in [2.05, 4.69) is 15.5 Å². The first-order valence-corrected chi connectivity index (χ1v) is 8.55. The van der Waals surface area contributed by atoms with Gasteiger partial charge in [0.2, 0.25) is 5.91 Å². The van der Waals surface area contributed by atoms with E-state index in [1.165, 1.54) is 0 Å². The van der Waals surface area contributed by atoms with E-state index >= 15 is 0 Å². The SMILES string of the molecule is CNC(=O)C[C@H]1CC[C@@H](CNC(=O)c2ccc3c(c2)CCO3)N1C. The smallest absolute Gasteiger partial charge is 0.251 e. The second-order valence-corrected chi connectivity index (χ2v) is 6.56. The van der Waals surface area contributed by atoms with Crippen molar-refractivity contribution in [3.63, 3.8) is 0 Å². The van der Waals surface area contributed by atoms with Crippen molar-refractivity contribution < 1.29 is 14.3 Å². The number of nitrogens with zero attached hydrogens (tertiary/aromatic N) is 1. The Morgan fingerprint density at radius 2 is 2.08 bits per heavy atom. The first kappa shape index (κ1) is 16.8. The summed E-state index contributed by atoms with van der Waals surface area (Å²) < 4.78 is 5.47. The Balaban J connectivity index is 1.52. The van der Waals surface area contributed by atoms with E-state index in [1.54, 1.807) is 7.05 Å². The minimum Gasteiger partial charge on any atom is -0.493 e. The van der Waals surface area contributed by atoms with Crippen LogP contribution >= 0.6 is 0 Å². The Morgan fingerprint density at radius 3 is 2.88 bits per heavy atom. The molecule has 6 nitrogen and oxygen atoms in total.